The maximum atomic E-state index is 12.5. The van der Waals surface area contributed by atoms with Crippen LogP contribution in [-0.4, -0.2) is 10.9 Å². The second-order valence-corrected chi connectivity index (χ2v) is 6.49. The molecule has 0 aliphatic carbocycles. The lowest BCUT2D eigenvalue weighted by molar-refractivity contribution is 0.102. The Balaban J connectivity index is 1.62. The summed E-state index contributed by atoms with van der Waals surface area (Å²) in [7, 11) is 0. The van der Waals surface area contributed by atoms with Gasteiger partial charge in [-0.25, -0.2) is 4.98 Å². The highest BCUT2D eigenvalue weighted by molar-refractivity contribution is 6.37. The molecule has 3 aromatic carbocycles. The Morgan fingerprint density at radius 2 is 1.81 bits per heavy atom. The number of nitrogens with one attached hydrogen (secondary N) is 1. The quantitative estimate of drug-likeness (QED) is 0.468. The monoisotopic (exact) mass is 382 g/mol. The number of benzene rings is 3. The molecule has 1 amide bonds. The van der Waals surface area contributed by atoms with Gasteiger partial charge in [0.2, 0.25) is 5.89 Å². The minimum atomic E-state index is -0.318. The van der Waals surface area contributed by atoms with Crippen LogP contribution in [0.3, 0.4) is 0 Å². The Morgan fingerprint density at radius 3 is 2.62 bits per heavy atom. The third-order valence-corrected chi connectivity index (χ3v) is 4.38. The van der Waals surface area contributed by atoms with Crippen LogP contribution in [0.2, 0.25) is 10.0 Å². The molecule has 0 saturated heterocycles. The molecule has 0 bridgehead atoms. The van der Waals surface area contributed by atoms with Crippen LogP contribution in [0, 0.1) is 0 Å². The SMILES string of the molecule is O=C(Nc1cccc(-c2nc3ccccc3o2)c1)c1ccc(Cl)cc1Cl. The van der Waals surface area contributed by atoms with Gasteiger partial charge in [0.05, 0.1) is 10.6 Å². The lowest BCUT2D eigenvalue weighted by atomic mass is 10.1. The van der Waals surface area contributed by atoms with Crippen LogP contribution in [0.25, 0.3) is 22.6 Å². The van der Waals surface area contributed by atoms with Crippen LogP contribution in [0.1, 0.15) is 10.4 Å². The van der Waals surface area contributed by atoms with Crippen molar-refractivity contribution in [2.24, 2.45) is 0 Å². The van der Waals surface area contributed by atoms with Crippen molar-refractivity contribution in [2.45, 2.75) is 0 Å². The molecule has 1 aromatic heterocycles. The number of para-hydroxylation sites is 2. The zero-order valence-corrected chi connectivity index (χ0v) is 14.9. The van der Waals surface area contributed by atoms with E-state index in [0.717, 1.165) is 11.1 Å². The van der Waals surface area contributed by atoms with Gasteiger partial charge in [0.15, 0.2) is 5.58 Å². The van der Waals surface area contributed by atoms with Crippen LogP contribution in [0.4, 0.5) is 5.69 Å². The number of rotatable bonds is 3. The smallest absolute Gasteiger partial charge is 0.257 e. The van der Waals surface area contributed by atoms with Gasteiger partial charge in [-0.1, -0.05) is 41.4 Å². The molecule has 26 heavy (non-hydrogen) atoms. The molecule has 1 N–H and O–H groups in total. The number of aromatic nitrogens is 1. The van der Waals surface area contributed by atoms with Gasteiger partial charge in [0.1, 0.15) is 5.52 Å². The summed E-state index contributed by atoms with van der Waals surface area (Å²) in [6.07, 6.45) is 0. The van der Waals surface area contributed by atoms with Gasteiger partial charge in [0, 0.05) is 16.3 Å². The summed E-state index contributed by atoms with van der Waals surface area (Å²) in [5.41, 5.74) is 3.22. The summed E-state index contributed by atoms with van der Waals surface area (Å²) in [5, 5.41) is 3.60. The Bertz CT molecular complexity index is 1090. The van der Waals surface area contributed by atoms with Gasteiger partial charge >= 0.3 is 0 Å². The predicted octanol–water partition coefficient (Wildman–Crippen LogP) is 6.05. The van der Waals surface area contributed by atoms with E-state index in [2.05, 4.69) is 10.3 Å². The first kappa shape index (κ1) is 16.6. The van der Waals surface area contributed by atoms with Crippen molar-refractivity contribution in [3.05, 3.63) is 82.3 Å². The second-order valence-electron chi connectivity index (χ2n) is 5.65. The number of anilines is 1. The molecule has 1 heterocycles. The third kappa shape index (κ3) is 3.29. The molecule has 4 aromatic rings. The molecule has 0 aliphatic heterocycles. The molecule has 128 valence electrons. The van der Waals surface area contributed by atoms with Crippen molar-refractivity contribution in [2.75, 3.05) is 5.32 Å². The number of carbonyl (C=O) groups is 1. The number of carbonyl (C=O) groups excluding carboxylic acids is 1. The van der Waals surface area contributed by atoms with Crippen molar-refractivity contribution in [1.29, 1.82) is 0 Å². The molecule has 0 atom stereocenters. The molecular weight excluding hydrogens is 371 g/mol. The molecule has 0 fully saturated rings. The Morgan fingerprint density at radius 1 is 0.962 bits per heavy atom. The van der Waals surface area contributed by atoms with Crippen LogP contribution in [-0.2, 0) is 0 Å². The fourth-order valence-electron chi connectivity index (χ4n) is 2.60. The van der Waals surface area contributed by atoms with E-state index in [1.165, 1.54) is 6.07 Å². The van der Waals surface area contributed by atoms with Crippen molar-refractivity contribution < 1.29 is 9.21 Å². The van der Waals surface area contributed by atoms with E-state index in [4.69, 9.17) is 27.6 Å². The summed E-state index contributed by atoms with van der Waals surface area (Å²) >= 11 is 12.0. The highest BCUT2D eigenvalue weighted by atomic mass is 35.5. The first-order chi connectivity index (χ1) is 12.6. The lowest BCUT2D eigenvalue weighted by Gasteiger charge is -2.08. The third-order valence-electron chi connectivity index (χ3n) is 3.84. The topological polar surface area (TPSA) is 55.1 Å². The van der Waals surface area contributed by atoms with E-state index in [1.807, 2.05) is 36.4 Å². The van der Waals surface area contributed by atoms with Crippen LogP contribution in [0.5, 0.6) is 0 Å². The number of hydrogen-bond acceptors (Lipinski definition) is 3. The van der Waals surface area contributed by atoms with Crippen molar-refractivity contribution in [1.82, 2.24) is 4.98 Å². The predicted molar refractivity (Wildman–Crippen MR) is 104 cm³/mol. The molecule has 0 saturated carbocycles. The average molecular weight is 383 g/mol. The largest absolute Gasteiger partial charge is 0.436 e. The summed E-state index contributed by atoms with van der Waals surface area (Å²) in [6.45, 7) is 0. The highest BCUT2D eigenvalue weighted by Gasteiger charge is 2.13. The minimum absolute atomic E-state index is 0.296. The molecule has 0 aliphatic rings. The molecule has 0 spiro atoms. The van der Waals surface area contributed by atoms with Gasteiger partial charge < -0.3 is 9.73 Å². The lowest BCUT2D eigenvalue weighted by Crippen LogP contribution is -2.12. The number of halogens is 2. The van der Waals surface area contributed by atoms with Crippen molar-refractivity contribution in [3.63, 3.8) is 0 Å². The molecule has 6 heteroatoms. The zero-order chi connectivity index (χ0) is 18.1. The fraction of sp³-hybridized carbons (Fsp3) is 0. The second kappa shape index (κ2) is 6.83. The maximum Gasteiger partial charge on any atom is 0.257 e. The molecular formula is C20H12Cl2N2O2. The Hall–Kier alpha value is -2.82. The summed E-state index contributed by atoms with van der Waals surface area (Å²) < 4.78 is 5.77. The van der Waals surface area contributed by atoms with E-state index in [1.54, 1.807) is 24.3 Å². The zero-order valence-electron chi connectivity index (χ0n) is 13.4. The first-order valence-electron chi connectivity index (χ1n) is 7.82. The maximum absolute atomic E-state index is 12.5. The minimum Gasteiger partial charge on any atom is -0.436 e. The number of fused-ring (bicyclic) bond motifs is 1. The standard InChI is InChI=1S/C20H12Cl2N2O2/c21-13-8-9-15(16(22)11-13)19(25)23-14-5-3-4-12(10-14)20-24-17-6-1-2-7-18(17)26-20/h1-11H,(H,23,25). The van der Waals surface area contributed by atoms with Gasteiger partial charge in [-0.3, -0.25) is 4.79 Å². The van der Waals surface area contributed by atoms with Crippen molar-refractivity contribution >= 4 is 45.9 Å². The van der Waals surface area contributed by atoms with Crippen LogP contribution in [0.15, 0.2) is 71.1 Å². The number of nitrogens with zero attached hydrogens (tertiary/aromatic N) is 1. The normalized spacial score (nSPS) is 10.8. The molecule has 0 radical (unpaired) electrons. The average Bonchev–Trinajstić information content (AvgIpc) is 3.06. The summed E-state index contributed by atoms with van der Waals surface area (Å²) in [5.74, 6) is 0.174. The van der Waals surface area contributed by atoms with E-state index >= 15 is 0 Å². The Kier molecular flexibility index (Phi) is 4.37. The number of amides is 1. The van der Waals surface area contributed by atoms with E-state index in [9.17, 15) is 4.79 Å². The van der Waals surface area contributed by atoms with E-state index < -0.39 is 0 Å². The molecule has 4 rings (SSSR count). The van der Waals surface area contributed by atoms with Crippen LogP contribution >= 0.6 is 23.2 Å². The van der Waals surface area contributed by atoms with Gasteiger partial charge in [0.25, 0.3) is 5.91 Å². The molecule has 4 nitrogen and oxygen atoms in total. The van der Waals surface area contributed by atoms with Gasteiger partial charge in [-0.2, -0.15) is 0 Å². The summed E-state index contributed by atoms with van der Waals surface area (Å²) in [6, 6.07) is 19.6. The van der Waals surface area contributed by atoms with E-state index in [0.29, 0.717) is 32.8 Å². The highest BCUT2D eigenvalue weighted by Crippen LogP contribution is 2.27. The fourth-order valence-corrected chi connectivity index (χ4v) is 3.09. The van der Waals surface area contributed by atoms with Crippen molar-refractivity contribution in [3.8, 4) is 11.5 Å². The number of oxazole rings is 1. The Labute approximate surface area is 159 Å². The van der Waals surface area contributed by atoms with E-state index in [-0.39, 0.29) is 5.91 Å². The van der Waals surface area contributed by atoms with Gasteiger partial charge in [-0.15, -0.1) is 0 Å². The number of hydrogen-bond donors (Lipinski definition) is 1. The van der Waals surface area contributed by atoms with Crippen LogP contribution < -0.4 is 5.32 Å². The first-order valence-corrected chi connectivity index (χ1v) is 8.58. The molecule has 0 unspecified atom stereocenters. The summed E-state index contributed by atoms with van der Waals surface area (Å²) in [4.78, 5) is 16.9. The van der Waals surface area contributed by atoms with Gasteiger partial charge in [-0.05, 0) is 48.5 Å².